The summed E-state index contributed by atoms with van der Waals surface area (Å²) in [5.74, 6) is -0.219. The Morgan fingerprint density at radius 1 is 1.25 bits per heavy atom. The maximum Gasteiger partial charge on any atom is 0.311 e. The number of hydrogen-bond acceptors (Lipinski definition) is 2. The second-order valence-corrected chi connectivity index (χ2v) is 4.05. The molecule has 0 heterocycles. The molecule has 0 N–H and O–H groups in total. The minimum atomic E-state index is -1.01. The van der Waals surface area contributed by atoms with Gasteiger partial charge in [-0.05, 0) is 12.8 Å². The minimum absolute atomic E-state index is 0.0266. The standard InChI is InChI=1S/C8H12Cl2O2/c9-8(10)12-7(11)6-4-2-1-3-5-6/h6,8H,1-5H2. The van der Waals surface area contributed by atoms with Crippen molar-refractivity contribution in [2.75, 3.05) is 0 Å². The van der Waals surface area contributed by atoms with Crippen LogP contribution in [0.25, 0.3) is 0 Å². The van der Waals surface area contributed by atoms with Gasteiger partial charge in [0.25, 0.3) is 5.02 Å². The Bertz CT molecular complexity index is 153. The van der Waals surface area contributed by atoms with E-state index >= 15 is 0 Å². The fourth-order valence-corrected chi connectivity index (χ4v) is 1.70. The number of alkyl halides is 2. The van der Waals surface area contributed by atoms with E-state index in [1.807, 2.05) is 0 Å². The zero-order chi connectivity index (χ0) is 8.97. The van der Waals surface area contributed by atoms with Crippen LogP contribution >= 0.6 is 23.2 Å². The zero-order valence-corrected chi connectivity index (χ0v) is 8.27. The summed E-state index contributed by atoms with van der Waals surface area (Å²) in [4.78, 5) is 11.2. The molecular formula is C8H12Cl2O2. The first-order chi connectivity index (χ1) is 5.70. The number of hydrogen-bond donors (Lipinski definition) is 0. The predicted molar refractivity (Wildman–Crippen MR) is 48.2 cm³/mol. The lowest BCUT2D eigenvalue weighted by Gasteiger charge is -2.19. The van der Waals surface area contributed by atoms with Crippen molar-refractivity contribution in [3.05, 3.63) is 0 Å². The summed E-state index contributed by atoms with van der Waals surface area (Å²) >= 11 is 10.6. The highest BCUT2D eigenvalue weighted by atomic mass is 35.5. The molecule has 0 aromatic heterocycles. The van der Waals surface area contributed by atoms with Crippen LogP contribution in [0.5, 0.6) is 0 Å². The Morgan fingerprint density at radius 2 is 1.83 bits per heavy atom. The molecule has 1 aliphatic rings. The summed E-state index contributed by atoms with van der Waals surface area (Å²) in [5.41, 5.74) is 0. The highest BCUT2D eigenvalue weighted by Crippen LogP contribution is 2.25. The van der Waals surface area contributed by atoms with Gasteiger partial charge < -0.3 is 4.74 Å². The third-order valence-electron chi connectivity index (χ3n) is 2.14. The van der Waals surface area contributed by atoms with Gasteiger partial charge in [0.2, 0.25) is 0 Å². The van der Waals surface area contributed by atoms with Crippen LogP contribution in [-0.4, -0.2) is 11.0 Å². The van der Waals surface area contributed by atoms with E-state index in [2.05, 4.69) is 4.74 Å². The molecule has 70 valence electrons. The number of esters is 1. The van der Waals surface area contributed by atoms with Gasteiger partial charge in [-0.1, -0.05) is 42.5 Å². The van der Waals surface area contributed by atoms with Crippen LogP contribution in [0, 0.1) is 5.92 Å². The van der Waals surface area contributed by atoms with E-state index in [9.17, 15) is 4.79 Å². The van der Waals surface area contributed by atoms with E-state index in [1.165, 1.54) is 6.42 Å². The van der Waals surface area contributed by atoms with Crippen LogP contribution in [0.15, 0.2) is 0 Å². The van der Waals surface area contributed by atoms with Crippen molar-refractivity contribution in [2.24, 2.45) is 5.92 Å². The summed E-state index contributed by atoms with van der Waals surface area (Å²) < 4.78 is 4.68. The molecule has 0 radical (unpaired) electrons. The van der Waals surface area contributed by atoms with Crippen molar-refractivity contribution in [2.45, 2.75) is 37.1 Å². The molecule has 0 aromatic carbocycles. The Labute approximate surface area is 82.2 Å². The van der Waals surface area contributed by atoms with Gasteiger partial charge >= 0.3 is 5.97 Å². The summed E-state index contributed by atoms with van der Waals surface area (Å²) in [7, 11) is 0. The molecule has 0 unspecified atom stereocenters. The fourth-order valence-electron chi connectivity index (χ4n) is 1.52. The Hall–Kier alpha value is 0.0500. The van der Waals surface area contributed by atoms with Gasteiger partial charge in [0, 0.05) is 0 Å². The van der Waals surface area contributed by atoms with E-state index in [4.69, 9.17) is 23.2 Å². The monoisotopic (exact) mass is 210 g/mol. The van der Waals surface area contributed by atoms with Crippen LogP contribution in [0.4, 0.5) is 0 Å². The average Bonchev–Trinajstić information content (AvgIpc) is 2.05. The third kappa shape index (κ3) is 3.20. The summed E-state index contributed by atoms with van der Waals surface area (Å²) in [5, 5.41) is -1.01. The van der Waals surface area contributed by atoms with Crippen molar-refractivity contribution >= 4 is 29.2 Å². The summed E-state index contributed by atoms with van der Waals surface area (Å²) in [6, 6.07) is 0. The largest absolute Gasteiger partial charge is 0.431 e. The van der Waals surface area contributed by atoms with E-state index in [-0.39, 0.29) is 11.9 Å². The zero-order valence-electron chi connectivity index (χ0n) is 6.76. The maximum atomic E-state index is 11.2. The van der Waals surface area contributed by atoms with Crippen molar-refractivity contribution < 1.29 is 9.53 Å². The van der Waals surface area contributed by atoms with E-state index in [0.717, 1.165) is 25.7 Å². The van der Waals surface area contributed by atoms with Gasteiger partial charge in [-0.2, -0.15) is 0 Å². The molecule has 0 spiro atoms. The first-order valence-electron chi connectivity index (χ1n) is 4.19. The Balaban J connectivity index is 2.30. The molecule has 0 amide bonds. The van der Waals surface area contributed by atoms with E-state index < -0.39 is 5.02 Å². The summed E-state index contributed by atoms with van der Waals surface area (Å²) in [6.45, 7) is 0. The fraction of sp³-hybridized carbons (Fsp3) is 0.875. The second-order valence-electron chi connectivity index (χ2n) is 3.03. The molecule has 1 saturated carbocycles. The van der Waals surface area contributed by atoms with Gasteiger partial charge in [0.1, 0.15) is 0 Å². The van der Waals surface area contributed by atoms with Crippen LogP contribution < -0.4 is 0 Å². The minimum Gasteiger partial charge on any atom is -0.431 e. The van der Waals surface area contributed by atoms with Crippen molar-refractivity contribution in [1.82, 2.24) is 0 Å². The molecular weight excluding hydrogens is 199 g/mol. The van der Waals surface area contributed by atoms with Crippen LogP contribution in [0.3, 0.4) is 0 Å². The van der Waals surface area contributed by atoms with Gasteiger partial charge in [-0.25, -0.2) is 0 Å². The van der Waals surface area contributed by atoms with Crippen LogP contribution in [0.1, 0.15) is 32.1 Å². The molecule has 1 fully saturated rings. The van der Waals surface area contributed by atoms with Gasteiger partial charge in [0.05, 0.1) is 5.92 Å². The molecule has 0 aromatic rings. The smallest absolute Gasteiger partial charge is 0.311 e. The lowest BCUT2D eigenvalue weighted by Crippen LogP contribution is -2.21. The maximum absolute atomic E-state index is 11.2. The molecule has 1 rings (SSSR count). The van der Waals surface area contributed by atoms with Crippen LogP contribution in [-0.2, 0) is 9.53 Å². The molecule has 0 bridgehead atoms. The number of carbonyl (C=O) groups excluding carboxylic acids is 1. The second kappa shape index (κ2) is 4.93. The lowest BCUT2D eigenvalue weighted by molar-refractivity contribution is -0.148. The Morgan fingerprint density at radius 3 is 2.33 bits per heavy atom. The van der Waals surface area contributed by atoms with Crippen molar-refractivity contribution in [1.29, 1.82) is 0 Å². The highest BCUT2D eigenvalue weighted by Gasteiger charge is 2.23. The SMILES string of the molecule is O=C(OC(Cl)Cl)C1CCCCC1. The summed E-state index contributed by atoms with van der Waals surface area (Å²) in [6.07, 6.45) is 5.26. The first kappa shape index (κ1) is 10.1. The predicted octanol–water partition coefficient (Wildman–Crippen LogP) is 2.87. The molecule has 12 heavy (non-hydrogen) atoms. The number of carbonyl (C=O) groups is 1. The van der Waals surface area contributed by atoms with E-state index in [1.54, 1.807) is 0 Å². The molecule has 2 nitrogen and oxygen atoms in total. The Kier molecular flexibility index (Phi) is 4.16. The van der Waals surface area contributed by atoms with Crippen LogP contribution in [0.2, 0.25) is 0 Å². The molecule has 4 heteroatoms. The third-order valence-corrected chi connectivity index (χ3v) is 2.32. The molecule has 0 aliphatic heterocycles. The normalized spacial score (nSPS) is 19.6. The van der Waals surface area contributed by atoms with Gasteiger partial charge in [-0.3, -0.25) is 4.79 Å². The molecule has 0 saturated heterocycles. The van der Waals surface area contributed by atoms with Crippen molar-refractivity contribution in [3.63, 3.8) is 0 Å². The number of halogens is 2. The molecule has 0 atom stereocenters. The first-order valence-corrected chi connectivity index (χ1v) is 5.06. The lowest BCUT2D eigenvalue weighted by atomic mass is 9.89. The number of ether oxygens (including phenoxy) is 1. The number of rotatable bonds is 2. The van der Waals surface area contributed by atoms with Gasteiger partial charge in [-0.15, -0.1) is 0 Å². The van der Waals surface area contributed by atoms with E-state index in [0.29, 0.717) is 0 Å². The van der Waals surface area contributed by atoms with Gasteiger partial charge in [0.15, 0.2) is 0 Å². The topological polar surface area (TPSA) is 26.3 Å². The average molecular weight is 211 g/mol. The quantitative estimate of drug-likeness (QED) is 0.518. The molecule has 1 aliphatic carbocycles. The highest BCUT2D eigenvalue weighted by molar-refractivity contribution is 6.43. The van der Waals surface area contributed by atoms with Crippen molar-refractivity contribution in [3.8, 4) is 0 Å².